The van der Waals surface area contributed by atoms with Gasteiger partial charge in [0.2, 0.25) is 0 Å². The molecule has 0 N–H and O–H groups in total. The third-order valence-electron chi connectivity index (χ3n) is 6.25. The standard InChI is InChI=1S/C24H21F3N2O3/c25-24(26,27)18-7-6-16(13-28)21(12-18)22(30)17-10-19-8-9-20(11-17)29(19)23(31)32-14-15-4-2-1-3-5-15/h1-7,12,17,19-20H,8-11,14H2. The Hall–Kier alpha value is -3.34. The number of carbonyl (C=O) groups excluding carboxylic acids is 2. The highest BCUT2D eigenvalue weighted by atomic mass is 19.4. The van der Waals surface area contributed by atoms with E-state index in [0.717, 1.165) is 23.8 Å². The molecule has 2 saturated heterocycles. The zero-order valence-electron chi connectivity index (χ0n) is 17.1. The summed E-state index contributed by atoms with van der Waals surface area (Å²) in [6, 6.07) is 13.3. The van der Waals surface area contributed by atoms with Crippen molar-refractivity contribution in [3.63, 3.8) is 0 Å². The van der Waals surface area contributed by atoms with E-state index in [9.17, 15) is 28.0 Å². The van der Waals surface area contributed by atoms with Crippen LogP contribution in [0.5, 0.6) is 0 Å². The number of Topliss-reactive ketones (excluding diaryl/α,β-unsaturated/α-hetero) is 1. The van der Waals surface area contributed by atoms with E-state index in [-0.39, 0.29) is 29.8 Å². The highest BCUT2D eigenvalue weighted by molar-refractivity contribution is 6.00. The summed E-state index contributed by atoms with van der Waals surface area (Å²) in [6.07, 6.45) is -2.93. The fourth-order valence-corrected chi connectivity index (χ4v) is 4.72. The molecule has 0 spiro atoms. The maximum atomic E-state index is 13.1. The topological polar surface area (TPSA) is 70.4 Å². The van der Waals surface area contributed by atoms with Crippen LogP contribution in [-0.4, -0.2) is 28.9 Å². The Morgan fingerprint density at radius 3 is 2.31 bits per heavy atom. The first-order valence-electron chi connectivity index (χ1n) is 10.4. The quantitative estimate of drug-likeness (QED) is 0.600. The lowest BCUT2D eigenvalue weighted by Crippen LogP contribution is -2.48. The van der Waals surface area contributed by atoms with Gasteiger partial charge in [-0.05, 0) is 49.4 Å². The smallest absolute Gasteiger partial charge is 0.416 e. The highest BCUT2D eigenvalue weighted by Crippen LogP contribution is 2.41. The predicted octanol–water partition coefficient (Wildman–Crippen LogP) is 5.34. The van der Waals surface area contributed by atoms with Crippen molar-refractivity contribution in [2.45, 2.75) is 50.6 Å². The zero-order chi connectivity index (χ0) is 22.9. The van der Waals surface area contributed by atoms with E-state index in [2.05, 4.69) is 0 Å². The maximum Gasteiger partial charge on any atom is 0.416 e. The van der Waals surface area contributed by atoms with Crippen molar-refractivity contribution < 1.29 is 27.5 Å². The lowest BCUT2D eigenvalue weighted by Gasteiger charge is -2.37. The summed E-state index contributed by atoms with van der Waals surface area (Å²) in [7, 11) is 0. The summed E-state index contributed by atoms with van der Waals surface area (Å²) in [4.78, 5) is 27.5. The molecule has 0 aromatic heterocycles. The van der Waals surface area contributed by atoms with E-state index < -0.39 is 29.5 Å². The first-order chi connectivity index (χ1) is 15.3. The fraction of sp³-hybridized carbons (Fsp3) is 0.375. The Morgan fingerprint density at radius 1 is 1.06 bits per heavy atom. The van der Waals surface area contributed by atoms with E-state index in [1.165, 1.54) is 0 Å². The van der Waals surface area contributed by atoms with Crippen LogP contribution in [0.4, 0.5) is 18.0 Å². The largest absolute Gasteiger partial charge is 0.445 e. The molecule has 32 heavy (non-hydrogen) atoms. The number of hydrogen-bond donors (Lipinski definition) is 0. The van der Waals surface area contributed by atoms with Gasteiger partial charge in [-0.1, -0.05) is 30.3 Å². The first kappa shape index (κ1) is 21.9. The molecule has 0 radical (unpaired) electrons. The highest BCUT2D eigenvalue weighted by Gasteiger charge is 2.46. The van der Waals surface area contributed by atoms with Crippen LogP contribution in [-0.2, 0) is 17.5 Å². The van der Waals surface area contributed by atoms with Gasteiger partial charge in [0.05, 0.1) is 17.2 Å². The minimum atomic E-state index is -4.60. The molecule has 2 aromatic rings. The molecule has 0 saturated carbocycles. The van der Waals surface area contributed by atoms with E-state index in [4.69, 9.17) is 4.74 Å². The van der Waals surface area contributed by atoms with Crippen molar-refractivity contribution in [1.82, 2.24) is 4.90 Å². The third-order valence-corrected chi connectivity index (χ3v) is 6.25. The summed E-state index contributed by atoms with van der Waals surface area (Å²) in [5.41, 5.74) is -0.358. The Morgan fingerprint density at radius 2 is 1.72 bits per heavy atom. The summed E-state index contributed by atoms with van der Waals surface area (Å²) in [5, 5.41) is 9.29. The van der Waals surface area contributed by atoms with Crippen LogP contribution in [0, 0.1) is 17.2 Å². The van der Waals surface area contributed by atoms with Gasteiger partial charge in [0, 0.05) is 23.6 Å². The summed E-state index contributed by atoms with van der Waals surface area (Å²) in [6.45, 7) is 0.147. The molecule has 8 heteroatoms. The number of benzene rings is 2. The van der Waals surface area contributed by atoms with Crippen LogP contribution in [0.2, 0.25) is 0 Å². The number of fused-ring (bicyclic) bond motifs is 2. The van der Waals surface area contributed by atoms with Crippen LogP contribution in [0.15, 0.2) is 48.5 Å². The third kappa shape index (κ3) is 4.33. The van der Waals surface area contributed by atoms with Crippen molar-refractivity contribution in [1.29, 1.82) is 5.26 Å². The number of halogens is 3. The number of rotatable bonds is 4. The molecule has 2 atom stereocenters. The minimum Gasteiger partial charge on any atom is -0.445 e. The average molecular weight is 442 g/mol. The SMILES string of the molecule is N#Cc1ccc(C(F)(F)F)cc1C(=O)C1CC2CCC(C1)N2C(=O)OCc1ccccc1. The van der Waals surface area contributed by atoms with Crippen LogP contribution in [0.1, 0.15) is 52.7 Å². The van der Waals surface area contributed by atoms with E-state index in [0.29, 0.717) is 25.7 Å². The Bertz CT molecular complexity index is 1050. The molecule has 2 aliphatic heterocycles. The number of alkyl halides is 3. The molecular formula is C24H21F3N2O3. The molecule has 2 fully saturated rings. The average Bonchev–Trinajstić information content (AvgIpc) is 3.06. The molecule has 2 bridgehead atoms. The van der Waals surface area contributed by atoms with Gasteiger partial charge in [-0.25, -0.2) is 4.79 Å². The van der Waals surface area contributed by atoms with Gasteiger partial charge in [-0.2, -0.15) is 18.4 Å². The zero-order valence-corrected chi connectivity index (χ0v) is 17.1. The Labute approximate surface area is 183 Å². The molecule has 2 aliphatic rings. The summed E-state index contributed by atoms with van der Waals surface area (Å²) >= 11 is 0. The molecule has 2 heterocycles. The predicted molar refractivity (Wildman–Crippen MR) is 108 cm³/mol. The van der Waals surface area contributed by atoms with Crippen LogP contribution in [0.3, 0.4) is 0 Å². The van der Waals surface area contributed by atoms with Crippen molar-refractivity contribution in [2.75, 3.05) is 0 Å². The van der Waals surface area contributed by atoms with Gasteiger partial charge in [0.25, 0.3) is 0 Å². The number of carbonyl (C=O) groups is 2. The molecule has 5 nitrogen and oxygen atoms in total. The van der Waals surface area contributed by atoms with Crippen molar-refractivity contribution in [3.8, 4) is 6.07 Å². The van der Waals surface area contributed by atoms with Crippen molar-refractivity contribution >= 4 is 11.9 Å². The molecule has 166 valence electrons. The lowest BCUT2D eigenvalue weighted by atomic mass is 9.83. The molecule has 2 unspecified atom stereocenters. The summed E-state index contributed by atoms with van der Waals surface area (Å²) in [5.74, 6) is -1.01. The van der Waals surface area contributed by atoms with Gasteiger partial charge in [-0.15, -0.1) is 0 Å². The number of piperidine rings is 1. The van der Waals surface area contributed by atoms with Crippen LogP contribution in [0.25, 0.3) is 0 Å². The van der Waals surface area contributed by atoms with Crippen LogP contribution < -0.4 is 0 Å². The second-order valence-corrected chi connectivity index (χ2v) is 8.23. The summed E-state index contributed by atoms with van der Waals surface area (Å²) < 4.78 is 44.8. The van der Waals surface area contributed by atoms with Gasteiger partial charge in [0.1, 0.15) is 6.61 Å². The molecule has 0 aliphatic carbocycles. The molecule has 4 rings (SSSR count). The van der Waals surface area contributed by atoms with Crippen molar-refractivity contribution in [3.05, 3.63) is 70.8 Å². The lowest BCUT2D eigenvalue weighted by molar-refractivity contribution is -0.137. The minimum absolute atomic E-state index is 0.0694. The number of amides is 1. The van der Waals surface area contributed by atoms with Gasteiger partial charge < -0.3 is 9.64 Å². The number of ether oxygens (including phenoxy) is 1. The van der Waals surface area contributed by atoms with E-state index in [1.54, 1.807) is 4.90 Å². The first-order valence-corrected chi connectivity index (χ1v) is 10.4. The maximum absolute atomic E-state index is 13.1. The number of nitrogens with zero attached hydrogens (tertiary/aromatic N) is 2. The normalized spacial score (nSPS) is 22.3. The molecule has 2 aromatic carbocycles. The second kappa shape index (κ2) is 8.65. The van der Waals surface area contributed by atoms with E-state index in [1.807, 2.05) is 36.4 Å². The number of ketones is 1. The number of nitriles is 1. The fourth-order valence-electron chi connectivity index (χ4n) is 4.72. The Kier molecular flexibility index (Phi) is 5.92. The monoisotopic (exact) mass is 442 g/mol. The number of hydrogen-bond acceptors (Lipinski definition) is 4. The second-order valence-electron chi connectivity index (χ2n) is 8.23. The molecular weight excluding hydrogens is 421 g/mol. The molecule has 1 amide bonds. The van der Waals surface area contributed by atoms with Gasteiger partial charge in [0.15, 0.2) is 5.78 Å². The Balaban J connectivity index is 1.47. The van der Waals surface area contributed by atoms with E-state index >= 15 is 0 Å². The van der Waals surface area contributed by atoms with Gasteiger partial charge in [-0.3, -0.25) is 4.79 Å². The van der Waals surface area contributed by atoms with Crippen LogP contribution >= 0.6 is 0 Å². The van der Waals surface area contributed by atoms with Gasteiger partial charge >= 0.3 is 12.3 Å². The van der Waals surface area contributed by atoms with Crippen molar-refractivity contribution in [2.24, 2.45) is 5.92 Å².